The SMILES string of the molecule is NC(=O)c1cnc(Nc2ncccc2N2CCCCC2=O)cc1NCc1c(F)ccc(F)c1F. The van der Waals surface area contributed by atoms with Crippen molar-refractivity contribution >= 4 is 34.8 Å². The van der Waals surface area contributed by atoms with Crippen LogP contribution in [0.2, 0.25) is 0 Å². The van der Waals surface area contributed by atoms with Gasteiger partial charge in [-0.25, -0.2) is 23.1 Å². The van der Waals surface area contributed by atoms with Gasteiger partial charge in [-0.3, -0.25) is 9.59 Å². The van der Waals surface area contributed by atoms with E-state index in [0.29, 0.717) is 30.5 Å². The maximum absolute atomic E-state index is 14.0. The van der Waals surface area contributed by atoms with Gasteiger partial charge in [0.15, 0.2) is 17.5 Å². The molecular weight excluding hydrogens is 449 g/mol. The van der Waals surface area contributed by atoms with Gasteiger partial charge in [0, 0.05) is 43.5 Å². The van der Waals surface area contributed by atoms with Crippen molar-refractivity contribution in [2.45, 2.75) is 25.8 Å². The molecule has 1 aromatic carbocycles. The predicted molar refractivity (Wildman–Crippen MR) is 120 cm³/mol. The maximum atomic E-state index is 14.0. The van der Waals surface area contributed by atoms with E-state index in [4.69, 9.17) is 5.73 Å². The van der Waals surface area contributed by atoms with Crippen LogP contribution in [0.25, 0.3) is 0 Å². The summed E-state index contributed by atoms with van der Waals surface area (Å²) in [4.78, 5) is 34.3. The summed E-state index contributed by atoms with van der Waals surface area (Å²) in [6.07, 6.45) is 4.89. The molecule has 1 aliphatic heterocycles. The molecule has 176 valence electrons. The van der Waals surface area contributed by atoms with Crippen LogP contribution in [0.5, 0.6) is 0 Å². The summed E-state index contributed by atoms with van der Waals surface area (Å²) in [6, 6.07) is 6.38. The molecule has 1 aliphatic rings. The van der Waals surface area contributed by atoms with Crippen molar-refractivity contribution in [3.05, 3.63) is 71.3 Å². The van der Waals surface area contributed by atoms with Gasteiger partial charge in [-0.2, -0.15) is 0 Å². The number of primary amides is 1. The Labute approximate surface area is 193 Å². The molecule has 0 aliphatic carbocycles. The number of rotatable bonds is 7. The molecule has 2 amide bonds. The lowest BCUT2D eigenvalue weighted by Gasteiger charge is -2.28. The normalized spacial score (nSPS) is 13.6. The van der Waals surface area contributed by atoms with Gasteiger partial charge >= 0.3 is 0 Å². The molecule has 34 heavy (non-hydrogen) atoms. The quantitative estimate of drug-likeness (QED) is 0.452. The van der Waals surface area contributed by atoms with E-state index in [1.54, 1.807) is 23.2 Å². The Morgan fingerprint density at radius 2 is 1.91 bits per heavy atom. The predicted octanol–water partition coefficient (Wildman–Crippen LogP) is 3.87. The highest BCUT2D eigenvalue weighted by atomic mass is 19.2. The van der Waals surface area contributed by atoms with E-state index in [1.165, 1.54) is 12.3 Å². The van der Waals surface area contributed by atoms with Crippen LogP contribution in [0.3, 0.4) is 0 Å². The monoisotopic (exact) mass is 470 g/mol. The Balaban J connectivity index is 1.62. The van der Waals surface area contributed by atoms with Crippen LogP contribution in [0.4, 0.5) is 36.2 Å². The molecule has 0 unspecified atom stereocenters. The molecule has 3 aromatic rings. The summed E-state index contributed by atoms with van der Waals surface area (Å²) in [6.45, 7) is 0.112. The van der Waals surface area contributed by atoms with Crippen molar-refractivity contribution in [2.24, 2.45) is 5.73 Å². The fraction of sp³-hybridized carbons (Fsp3) is 0.217. The number of nitrogens with one attached hydrogen (secondary N) is 2. The lowest BCUT2D eigenvalue weighted by molar-refractivity contribution is -0.119. The lowest BCUT2D eigenvalue weighted by atomic mass is 10.1. The second-order valence-corrected chi connectivity index (χ2v) is 7.65. The number of hydrogen-bond acceptors (Lipinski definition) is 6. The van der Waals surface area contributed by atoms with Crippen LogP contribution in [0.1, 0.15) is 35.2 Å². The maximum Gasteiger partial charge on any atom is 0.252 e. The molecule has 1 fully saturated rings. The number of carbonyl (C=O) groups is 2. The highest BCUT2D eigenvalue weighted by Gasteiger charge is 2.23. The second-order valence-electron chi connectivity index (χ2n) is 7.65. The number of pyridine rings is 2. The van der Waals surface area contributed by atoms with E-state index in [1.807, 2.05) is 0 Å². The number of piperidine rings is 1. The zero-order valence-corrected chi connectivity index (χ0v) is 17.9. The van der Waals surface area contributed by atoms with Crippen LogP contribution < -0.4 is 21.3 Å². The van der Waals surface area contributed by atoms with Gasteiger partial charge < -0.3 is 21.3 Å². The average Bonchev–Trinajstić information content (AvgIpc) is 2.82. The number of nitrogens with two attached hydrogens (primary N) is 1. The molecule has 0 atom stereocenters. The Morgan fingerprint density at radius 1 is 1.12 bits per heavy atom. The van der Waals surface area contributed by atoms with Crippen molar-refractivity contribution < 1.29 is 22.8 Å². The van der Waals surface area contributed by atoms with E-state index < -0.39 is 35.5 Å². The van der Waals surface area contributed by atoms with E-state index in [-0.39, 0.29) is 23.0 Å². The van der Waals surface area contributed by atoms with Crippen molar-refractivity contribution in [3.63, 3.8) is 0 Å². The topological polar surface area (TPSA) is 113 Å². The fourth-order valence-corrected chi connectivity index (χ4v) is 3.67. The Morgan fingerprint density at radius 3 is 2.68 bits per heavy atom. The first kappa shape index (κ1) is 23.0. The number of hydrogen-bond donors (Lipinski definition) is 3. The highest BCUT2D eigenvalue weighted by Crippen LogP contribution is 2.30. The molecular formula is C23H21F3N6O2. The largest absolute Gasteiger partial charge is 0.380 e. The van der Waals surface area contributed by atoms with Gasteiger partial charge in [0.25, 0.3) is 5.91 Å². The molecule has 11 heteroatoms. The van der Waals surface area contributed by atoms with Crippen LogP contribution in [-0.4, -0.2) is 28.3 Å². The van der Waals surface area contributed by atoms with Gasteiger partial charge in [-0.1, -0.05) is 0 Å². The van der Waals surface area contributed by atoms with Crippen LogP contribution in [0.15, 0.2) is 42.7 Å². The van der Waals surface area contributed by atoms with Gasteiger partial charge in [0.1, 0.15) is 11.6 Å². The first-order chi connectivity index (χ1) is 16.3. The Kier molecular flexibility index (Phi) is 6.62. The molecule has 4 rings (SSSR count). The first-order valence-corrected chi connectivity index (χ1v) is 10.5. The van der Waals surface area contributed by atoms with Crippen LogP contribution in [-0.2, 0) is 11.3 Å². The van der Waals surface area contributed by atoms with Crippen molar-refractivity contribution in [3.8, 4) is 0 Å². The molecule has 0 saturated carbocycles. The number of carbonyl (C=O) groups excluding carboxylic acids is 2. The van der Waals surface area contributed by atoms with Crippen molar-refractivity contribution in [2.75, 3.05) is 22.1 Å². The Bertz CT molecular complexity index is 1250. The summed E-state index contributed by atoms with van der Waals surface area (Å²) in [5, 5.41) is 5.73. The van der Waals surface area contributed by atoms with Crippen molar-refractivity contribution in [1.82, 2.24) is 9.97 Å². The molecule has 3 heterocycles. The Hall–Kier alpha value is -4.15. The third-order valence-electron chi connectivity index (χ3n) is 5.41. The van der Waals surface area contributed by atoms with Crippen LogP contribution in [0, 0.1) is 17.5 Å². The minimum atomic E-state index is -1.33. The summed E-state index contributed by atoms with van der Waals surface area (Å²) in [5.74, 6) is -3.70. The first-order valence-electron chi connectivity index (χ1n) is 10.5. The summed E-state index contributed by atoms with van der Waals surface area (Å²) in [5.41, 5.74) is 5.54. The number of amides is 2. The lowest BCUT2D eigenvalue weighted by Crippen LogP contribution is -2.35. The van der Waals surface area contributed by atoms with E-state index >= 15 is 0 Å². The third-order valence-corrected chi connectivity index (χ3v) is 5.41. The zero-order valence-electron chi connectivity index (χ0n) is 17.9. The van der Waals surface area contributed by atoms with Gasteiger partial charge in [0.05, 0.1) is 16.9 Å². The fourth-order valence-electron chi connectivity index (χ4n) is 3.67. The average molecular weight is 470 g/mol. The molecule has 1 saturated heterocycles. The second kappa shape index (κ2) is 9.77. The molecule has 2 aromatic heterocycles. The third kappa shape index (κ3) is 4.77. The number of anilines is 4. The summed E-state index contributed by atoms with van der Waals surface area (Å²) in [7, 11) is 0. The number of aromatic nitrogens is 2. The molecule has 8 nitrogen and oxygen atoms in total. The highest BCUT2D eigenvalue weighted by molar-refractivity contribution is 5.99. The van der Waals surface area contributed by atoms with Gasteiger partial charge in [-0.15, -0.1) is 0 Å². The van der Waals surface area contributed by atoms with E-state index in [2.05, 4.69) is 20.6 Å². The van der Waals surface area contributed by atoms with E-state index in [0.717, 1.165) is 18.9 Å². The zero-order chi connectivity index (χ0) is 24.2. The molecule has 4 N–H and O–H groups in total. The van der Waals surface area contributed by atoms with Crippen LogP contribution >= 0.6 is 0 Å². The molecule has 0 bridgehead atoms. The minimum absolute atomic E-state index is 0.0131. The van der Waals surface area contributed by atoms with Gasteiger partial charge in [-0.05, 0) is 37.1 Å². The summed E-state index contributed by atoms with van der Waals surface area (Å²) < 4.78 is 41.6. The standard InChI is InChI=1S/C23H21F3N6O2/c24-15-6-7-16(25)21(26)13(15)11-29-17-10-19(30-12-14(17)22(27)34)31-23-18(4-3-8-28-23)32-9-2-1-5-20(32)33/h3-4,6-8,10,12H,1-2,5,9,11H2,(H2,27,34)(H2,28,29,30,31). The molecule has 0 radical (unpaired) electrons. The smallest absolute Gasteiger partial charge is 0.252 e. The number of benzene rings is 1. The van der Waals surface area contributed by atoms with E-state index in [9.17, 15) is 22.8 Å². The van der Waals surface area contributed by atoms with Crippen molar-refractivity contribution in [1.29, 1.82) is 0 Å². The number of nitrogens with zero attached hydrogens (tertiary/aromatic N) is 3. The minimum Gasteiger partial charge on any atom is -0.380 e. The molecule has 0 spiro atoms. The summed E-state index contributed by atoms with van der Waals surface area (Å²) >= 11 is 0. The number of halogens is 3. The van der Waals surface area contributed by atoms with Gasteiger partial charge in [0.2, 0.25) is 5.91 Å².